The van der Waals surface area contributed by atoms with E-state index in [-0.39, 0.29) is 9.77 Å². The Morgan fingerprint density at radius 1 is 1.21 bits per heavy atom. The predicted octanol–water partition coefficient (Wildman–Crippen LogP) is 3.41. The molecule has 0 radical (unpaired) electrons. The zero-order chi connectivity index (χ0) is 20.4. The van der Waals surface area contributed by atoms with Gasteiger partial charge in [-0.15, -0.1) is 11.3 Å². The van der Waals surface area contributed by atoms with Crippen LogP contribution >= 0.6 is 11.3 Å². The molecule has 1 aromatic carbocycles. The maximum Gasteiger partial charge on any atom is 0.263 e. The minimum Gasteiger partial charge on any atom is -0.342 e. The van der Waals surface area contributed by atoms with E-state index in [2.05, 4.69) is 15.3 Å². The van der Waals surface area contributed by atoms with E-state index < -0.39 is 22.0 Å². The lowest BCUT2D eigenvalue weighted by Crippen LogP contribution is -2.31. The number of amides is 1. The Morgan fingerprint density at radius 3 is 2.66 bits per heavy atom. The van der Waals surface area contributed by atoms with Crippen LogP contribution in [-0.4, -0.2) is 41.7 Å². The summed E-state index contributed by atoms with van der Waals surface area (Å²) in [6.07, 6.45) is 3.43. The topological polar surface area (TPSA) is 95.2 Å². The molecule has 1 amide bonds. The lowest BCUT2D eigenvalue weighted by molar-refractivity contribution is 0.0939. The van der Waals surface area contributed by atoms with Gasteiger partial charge in [-0.25, -0.2) is 13.4 Å². The summed E-state index contributed by atoms with van der Waals surface area (Å²) in [7, 11) is -3.64. The van der Waals surface area contributed by atoms with Crippen molar-refractivity contribution in [2.24, 2.45) is 0 Å². The zero-order valence-corrected chi connectivity index (χ0v) is 17.6. The number of nitrogens with one attached hydrogen (secondary N) is 2. The first-order valence-electron chi connectivity index (χ1n) is 9.45. The van der Waals surface area contributed by atoms with E-state index in [0.717, 1.165) is 35.4 Å². The van der Waals surface area contributed by atoms with Crippen LogP contribution in [0.3, 0.4) is 0 Å². The third kappa shape index (κ3) is 3.98. The van der Waals surface area contributed by atoms with Crippen LogP contribution in [0.5, 0.6) is 0 Å². The summed E-state index contributed by atoms with van der Waals surface area (Å²) in [4.78, 5) is 20.7. The molecule has 2 aromatic heterocycles. The highest BCUT2D eigenvalue weighted by Gasteiger charge is 2.32. The number of thiophene rings is 1. The van der Waals surface area contributed by atoms with Crippen molar-refractivity contribution < 1.29 is 13.2 Å². The van der Waals surface area contributed by atoms with Crippen LogP contribution in [0.2, 0.25) is 0 Å². The van der Waals surface area contributed by atoms with E-state index in [9.17, 15) is 13.2 Å². The van der Waals surface area contributed by atoms with Crippen LogP contribution in [0.25, 0.3) is 11.3 Å². The fraction of sp³-hybridized carbons (Fsp3) is 0.300. The third-order valence-electron chi connectivity index (χ3n) is 4.96. The molecular weight excluding hydrogens is 408 g/mol. The molecule has 7 nitrogen and oxygen atoms in total. The second-order valence-corrected chi connectivity index (χ2v) is 9.79. The Morgan fingerprint density at radius 2 is 1.93 bits per heavy atom. The molecule has 0 spiro atoms. The molecule has 29 heavy (non-hydrogen) atoms. The molecule has 3 aromatic rings. The number of sulfonamides is 1. The number of nitrogens with zero attached hydrogens (tertiary/aromatic N) is 2. The highest BCUT2D eigenvalue weighted by molar-refractivity contribution is 7.89. The number of aromatic nitrogens is 2. The summed E-state index contributed by atoms with van der Waals surface area (Å²) in [5, 5.41) is 4.50. The first-order chi connectivity index (χ1) is 14.0. The fourth-order valence-corrected chi connectivity index (χ4v) is 6.21. The fourth-order valence-electron chi connectivity index (χ4n) is 3.39. The molecule has 2 N–H and O–H groups in total. The van der Waals surface area contributed by atoms with Crippen LogP contribution in [0, 0.1) is 0 Å². The summed E-state index contributed by atoms with van der Waals surface area (Å²) in [5.41, 5.74) is 1.86. The maximum absolute atomic E-state index is 12.9. The highest BCUT2D eigenvalue weighted by atomic mass is 32.2. The lowest BCUT2D eigenvalue weighted by Gasteiger charge is -2.16. The predicted molar refractivity (Wildman–Crippen MR) is 112 cm³/mol. The van der Waals surface area contributed by atoms with Crippen molar-refractivity contribution in [1.29, 1.82) is 0 Å². The monoisotopic (exact) mass is 430 g/mol. The molecule has 1 unspecified atom stereocenters. The molecule has 3 heterocycles. The minimum absolute atomic E-state index is 0.0820. The Kier molecular flexibility index (Phi) is 5.53. The molecule has 1 aliphatic rings. The van der Waals surface area contributed by atoms with E-state index in [4.69, 9.17) is 0 Å². The summed E-state index contributed by atoms with van der Waals surface area (Å²) in [5.74, 6) is 0.195. The summed E-state index contributed by atoms with van der Waals surface area (Å²) in [6, 6.07) is 10.9. The highest BCUT2D eigenvalue weighted by Crippen LogP contribution is 2.28. The third-order valence-corrected chi connectivity index (χ3v) is 7.94. The van der Waals surface area contributed by atoms with E-state index in [1.54, 1.807) is 11.6 Å². The van der Waals surface area contributed by atoms with Gasteiger partial charge in [0.2, 0.25) is 10.0 Å². The maximum atomic E-state index is 12.9. The van der Waals surface area contributed by atoms with Gasteiger partial charge in [-0.05, 0) is 36.8 Å². The largest absolute Gasteiger partial charge is 0.342 e. The van der Waals surface area contributed by atoms with Crippen LogP contribution in [0.1, 0.15) is 41.3 Å². The average molecular weight is 431 g/mol. The molecule has 0 saturated carbocycles. The molecule has 1 aliphatic heterocycles. The van der Waals surface area contributed by atoms with Crippen molar-refractivity contribution >= 4 is 27.3 Å². The minimum atomic E-state index is -3.64. The molecule has 0 bridgehead atoms. The molecule has 152 valence electrons. The quantitative estimate of drug-likeness (QED) is 0.626. The van der Waals surface area contributed by atoms with Gasteiger partial charge in [-0.1, -0.05) is 30.3 Å². The molecule has 1 fully saturated rings. The van der Waals surface area contributed by atoms with Crippen LogP contribution < -0.4 is 5.32 Å². The Balaban J connectivity index is 1.51. The second-order valence-electron chi connectivity index (χ2n) is 6.97. The Bertz CT molecular complexity index is 1100. The van der Waals surface area contributed by atoms with Crippen LogP contribution in [-0.2, 0) is 10.0 Å². The Hall–Kier alpha value is -2.49. The number of benzene rings is 1. The number of H-pyrrole nitrogens is 1. The number of carbonyl (C=O) groups is 1. The number of hydrogen-bond donors (Lipinski definition) is 2. The van der Waals surface area contributed by atoms with Crippen LogP contribution in [0.4, 0.5) is 0 Å². The number of hydrogen-bond acceptors (Lipinski definition) is 5. The molecule has 0 aliphatic carbocycles. The van der Waals surface area contributed by atoms with Gasteiger partial charge < -0.3 is 10.3 Å². The van der Waals surface area contributed by atoms with E-state index in [1.165, 1.54) is 10.4 Å². The molecule has 1 atom stereocenters. The van der Waals surface area contributed by atoms with Gasteiger partial charge >= 0.3 is 0 Å². The van der Waals surface area contributed by atoms with Gasteiger partial charge in [0.05, 0.1) is 17.9 Å². The first kappa shape index (κ1) is 19.8. The van der Waals surface area contributed by atoms with E-state index in [0.29, 0.717) is 18.9 Å². The molecule has 9 heteroatoms. The van der Waals surface area contributed by atoms with Gasteiger partial charge in [0.15, 0.2) is 0 Å². The van der Waals surface area contributed by atoms with E-state index >= 15 is 0 Å². The van der Waals surface area contributed by atoms with Crippen molar-refractivity contribution in [3.8, 4) is 11.3 Å². The van der Waals surface area contributed by atoms with Gasteiger partial charge in [-0.3, -0.25) is 4.79 Å². The zero-order valence-electron chi connectivity index (χ0n) is 16.0. The SMILES string of the molecule is CC(NC(=O)c1sccc1S(=O)(=O)N1CCCC1)c1ncc(-c2ccccc2)[nH]1. The van der Waals surface area contributed by atoms with Gasteiger partial charge in [0.25, 0.3) is 5.91 Å². The lowest BCUT2D eigenvalue weighted by atomic mass is 10.2. The average Bonchev–Trinajstić information content (AvgIpc) is 3.50. The van der Waals surface area contributed by atoms with Crippen molar-refractivity contribution in [3.63, 3.8) is 0 Å². The molecular formula is C20H22N4O3S2. The Labute approximate surface area is 173 Å². The van der Waals surface area contributed by atoms with E-state index in [1.807, 2.05) is 37.3 Å². The smallest absolute Gasteiger partial charge is 0.263 e. The number of rotatable bonds is 6. The first-order valence-corrected chi connectivity index (χ1v) is 11.8. The summed E-state index contributed by atoms with van der Waals surface area (Å²) < 4.78 is 27.2. The molecule has 1 saturated heterocycles. The van der Waals surface area contributed by atoms with Crippen molar-refractivity contribution in [2.75, 3.05) is 13.1 Å². The standard InChI is InChI=1S/C20H22N4O3S2/c1-14(19-21-13-16(23-19)15-7-3-2-4-8-15)22-20(25)18-17(9-12-28-18)29(26,27)24-10-5-6-11-24/h2-4,7-9,12-14H,5-6,10-11H2,1H3,(H,21,23)(H,22,25). The number of aromatic amines is 1. The summed E-state index contributed by atoms with van der Waals surface area (Å²) >= 11 is 1.13. The number of imidazole rings is 1. The van der Waals surface area contributed by atoms with Crippen molar-refractivity contribution in [2.45, 2.75) is 30.7 Å². The van der Waals surface area contributed by atoms with Gasteiger partial charge in [0, 0.05) is 13.1 Å². The summed E-state index contributed by atoms with van der Waals surface area (Å²) in [6.45, 7) is 2.82. The number of carbonyl (C=O) groups excluding carboxylic acids is 1. The molecule has 4 rings (SSSR count). The van der Waals surface area contributed by atoms with Crippen molar-refractivity contribution in [1.82, 2.24) is 19.6 Å². The van der Waals surface area contributed by atoms with Gasteiger partial charge in [0.1, 0.15) is 15.6 Å². The second kappa shape index (κ2) is 8.10. The van der Waals surface area contributed by atoms with Gasteiger partial charge in [-0.2, -0.15) is 4.31 Å². The normalized spacial score (nSPS) is 16.0. The van der Waals surface area contributed by atoms with Crippen LogP contribution in [0.15, 0.2) is 52.9 Å². The van der Waals surface area contributed by atoms with Crippen molar-refractivity contribution in [3.05, 3.63) is 58.7 Å².